The minimum Gasteiger partial charge on any atom is -0.361 e. The molecule has 2 aromatic heterocycles. The number of rotatable bonds is 5. The Bertz CT molecular complexity index is 449. The number of aromatic nitrogens is 3. The van der Waals surface area contributed by atoms with Crippen molar-refractivity contribution in [2.24, 2.45) is 0 Å². The molecule has 5 heteroatoms. The van der Waals surface area contributed by atoms with Gasteiger partial charge in [0.05, 0.1) is 11.7 Å². The summed E-state index contributed by atoms with van der Waals surface area (Å²) < 4.78 is 6.97. The van der Waals surface area contributed by atoms with Crippen LogP contribution >= 0.6 is 0 Å². The molecule has 0 bridgehead atoms. The fraction of sp³-hybridized carbons (Fsp3) is 0.500. The van der Waals surface area contributed by atoms with Gasteiger partial charge in [-0.15, -0.1) is 0 Å². The lowest BCUT2D eigenvalue weighted by atomic mass is 10.1. The van der Waals surface area contributed by atoms with Crippen LogP contribution in [-0.2, 0) is 6.54 Å². The number of nitrogens with zero attached hydrogens (tertiary/aromatic N) is 3. The van der Waals surface area contributed by atoms with Gasteiger partial charge in [-0.1, -0.05) is 5.16 Å². The lowest BCUT2D eigenvalue weighted by Gasteiger charge is -2.21. The van der Waals surface area contributed by atoms with Crippen LogP contribution < -0.4 is 5.32 Å². The lowest BCUT2D eigenvalue weighted by molar-refractivity contribution is 0.353. The highest BCUT2D eigenvalue weighted by Crippen LogP contribution is 2.10. The number of nitrogens with one attached hydrogen (secondary N) is 1. The first-order valence-corrected chi connectivity index (χ1v) is 5.81. The Labute approximate surface area is 101 Å². The Hall–Kier alpha value is -1.62. The average molecular weight is 234 g/mol. The summed E-state index contributed by atoms with van der Waals surface area (Å²) in [6.07, 6.45) is 3.77. The molecule has 0 fully saturated rings. The molecule has 0 aromatic carbocycles. The highest BCUT2D eigenvalue weighted by atomic mass is 16.5. The van der Waals surface area contributed by atoms with Gasteiger partial charge in [-0.2, -0.15) is 5.10 Å². The van der Waals surface area contributed by atoms with E-state index in [2.05, 4.69) is 29.4 Å². The molecule has 5 nitrogen and oxygen atoms in total. The largest absolute Gasteiger partial charge is 0.361 e. The highest BCUT2D eigenvalue weighted by molar-refractivity contribution is 5.03. The van der Waals surface area contributed by atoms with Gasteiger partial charge >= 0.3 is 0 Å². The molecule has 0 aliphatic heterocycles. The molecule has 2 aromatic rings. The van der Waals surface area contributed by atoms with Crippen molar-refractivity contribution in [1.29, 1.82) is 0 Å². The summed E-state index contributed by atoms with van der Waals surface area (Å²) >= 11 is 0. The zero-order chi connectivity index (χ0) is 12.3. The van der Waals surface area contributed by atoms with Gasteiger partial charge in [-0.05, 0) is 26.8 Å². The first-order valence-electron chi connectivity index (χ1n) is 5.81. The zero-order valence-electron chi connectivity index (χ0n) is 10.4. The normalized spacial score (nSPS) is 14.8. The molecule has 92 valence electrons. The maximum atomic E-state index is 5.02. The first kappa shape index (κ1) is 11.9. The quantitative estimate of drug-likeness (QED) is 0.858. The molecule has 0 radical (unpaired) electrons. The molecule has 2 atom stereocenters. The molecule has 2 rings (SSSR count). The predicted molar refractivity (Wildman–Crippen MR) is 64.5 cm³/mol. The van der Waals surface area contributed by atoms with E-state index in [0.717, 1.165) is 11.5 Å². The molecule has 2 unspecified atom stereocenters. The Kier molecular flexibility index (Phi) is 3.58. The van der Waals surface area contributed by atoms with Gasteiger partial charge in [0.2, 0.25) is 0 Å². The van der Waals surface area contributed by atoms with Crippen molar-refractivity contribution in [1.82, 2.24) is 20.3 Å². The van der Waals surface area contributed by atoms with E-state index in [4.69, 9.17) is 4.52 Å². The summed E-state index contributed by atoms with van der Waals surface area (Å²) in [6.45, 7) is 6.88. The van der Waals surface area contributed by atoms with Crippen molar-refractivity contribution in [2.45, 2.75) is 39.4 Å². The molecule has 0 saturated heterocycles. The van der Waals surface area contributed by atoms with Crippen molar-refractivity contribution in [3.8, 4) is 0 Å². The van der Waals surface area contributed by atoms with Crippen molar-refractivity contribution >= 4 is 0 Å². The van der Waals surface area contributed by atoms with Crippen LogP contribution in [-0.4, -0.2) is 21.0 Å². The van der Waals surface area contributed by atoms with Crippen LogP contribution in [0.5, 0.6) is 0 Å². The lowest BCUT2D eigenvalue weighted by Crippen LogP contribution is -2.33. The van der Waals surface area contributed by atoms with E-state index < -0.39 is 0 Å². The maximum Gasteiger partial charge on any atom is 0.133 e. The number of hydrogen-bond donors (Lipinski definition) is 1. The fourth-order valence-electron chi connectivity index (χ4n) is 1.69. The van der Waals surface area contributed by atoms with Gasteiger partial charge in [0.1, 0.15) is 5.76 Å². The molecule has 0 aliphatic rings. The van der Waals surface area contributed by atoms with E-state index in [1.165, 1.54) is 0 Å². The second-order valence-corrected chi connectivity index (χ2v) is 4.33. The third kappa shape index (κ3) is 2.94. The van der Waals surface area contributed by atoms with Crippen molar-refractivity contribution in [3.05, 3.63) is 36.0 Å². The van der Waals surface area contributed by atoms with E-state index >= 15 is 0 Å². The van der Waals surface area contributed by atoms with Crippen LogP contribution in [0.1, 0.15) is 31.3 Å². The molecule has 0 aliphatic carbocycles. The minimum absolute atomic E-state index is 0.304. The monoisotopic (exact) mass is 234 g/mol. The SMILES string of the molecule is Cc1cc(CNC(C)C(C)n2cccn2)no1. The summed E-state index contributed by atoms with van der Waals surface area (Å²) in [5, 5.41) is 11.6. The van der Waals surface area contributed by atoms with E-state index in [0.29, 0.717) is 18.6 Å². The summed E-state index contributed by atoms with van der Waals surface area (Å²) in [6, 6.07) is 4.49. The van der Waals surface area contributed by atoms with Crippen molar-refractivity contribution < 1.29 is 4.52 Å². The van der Waals surface area contributed by atoms with Crippen molar-refractivity contribution in [3.63, 3.8) is 0 Å². The van der Waals surface area contributed by atoms with Gasteiger partial charge in [-0.3, -0.25) is 4.68 Å². The summed E-state index contributed by atoms with van der Waals surface area (Å²) in [4.78, 5) is 0. The van der Waals surface area contributed by atoms with Crippen LogP contribution in [0.4, 0.5) is 0 Å². The van der Waals surface area contributed by atoms with Crippen LogP contribution in [0.25, 0.3) is 0 Å². The van der Waals surface area contributed by atoms with E-state index in [-0.39, 0.29) is 0 Å². The molecule has 1 N–H and O–H groups in total. The topological polar surface area (TPSA) is 55.9 Å². The van der Waals surface area contributed by atoms with E-state index in [1.54, 1.807) is 6.20 Å². The zero-order valence-corrected chi connectivity index (χ0v) is 10.4. The molecule has 0 amide bonds. The van der Waals surface area contributed by atoms with Gasteiger partial charge in [0, 0.05) is 31.0 Å². The summed E-state index contributed by atoms with van der Waals surface area (Å²) in [5.41, 5.74) is 0.932. The Balaban J connectivity index is 1.87. The standard InChI is InChI=1S/C12H18N4O/c1-9-7-12(15-17-9)8-13-10(2)11(3)16-6-4-5-14-16/h4-7,10-11,13H,8H2,1-3H3. The molecule has 2 heterocycles. The van der Waals surface area contributed by atoms with Crippen LogP contribution in [0.2, 0.25) is 0 Å². The number of aryl methyl sites for hydroxylation is 1. The van der Waals surface area contributed by atoms with Gasteiger partial charge in [0.25, 0.3) is 0 Å². The molecule has 0 saturated carbocycles. The Morgan fingerprint density at radius 2 is 2.29 bits per heavy atom. The fourth-order valence-corrected chi connectivity index (χ4v) is 1.69. The van der Waals surface area contributed by atoms with Crippen LogP contribution in [0, 0.1) is 6.92 Å². The average Bonchev–Trinajstić information content (AvgIpc) is 2.95. The van der Waals surface area contributed by atoms with Crippen LogP contribution in [0.3, 0.4) is 0 Å². The minimum atomic E-state index is 0.304. The number of hydrogen-bond acceptors (Lipinski definition) is 4. The third-order valence-corrected chi connectivity index (χ3v) is 2.95. The van der Waals surface area contributed by atoms with Crippen molar-refractivity contribution in [2.75, 3.05) is 0 Å². The van der Waals surface area contributed by atoms with Gasteiger partial charge in [-0.25, -0.2) is 0 Å². The smallest absolute Gasteiger partial charge is 0.133 e. The molecule has 17 heavy (non-hydrogen) atoms. The highest BCUT2D eigenvalue weighted by Gasteiger charge is 2.14. The van der Waals surface area contributed by atoms with E-state index in [9.17, 15) is 0 Å². The van der Waals surface area contributed by atoms with Gasteiger partial charge in [0.15, 0.2) is 0 Å². The molecule has 0 spiro atoms. The van der Waals surface area contributed by atoms with Gasteiger partial charge < -0.3 is 9.84 Å². The molecular formula is C12H18N4O. The molecular weight excluding hydrogens is 216 g/mol. The first-order chi connectivity index (χ1) is 8.16. The Morgan fingerprint density at radius 3 is 2.88 bits per heavy atom. The second kappa shape index (κ2) is 5.14. The predicted octanol–water partition coefficient (Wildman–Crippen LogP) is 1.92. The summed E-state index contributed by atoms with van der Waals surface area (Å²) in [7, 11) is 0. The van der Waals surface area contributed by atoms with Crippen LogP contribution in [0.15, 0.2) is 29.0 Å². The second-order valence-electron chi connectivity index (χ2n) is 4.33. The Morgan fingerprint density at radius 1 is 1.47 bits per heavy atom. The maximum absolute atomic E-state index is 5.02. The van der Waals surface area contributed by atoms with E-state index in [1.807, 2.05) is 29.9 Å². The third-order valence-electron chi connectivity index (χ3n) is 2.95. The summed E-state index contributed by atoms with van der Waals surface area (Å²) in [5.74, 6) is 0.842.